The van der Waals surface area contributed by atoms with Crippen LogP contribution in [0.3, 0.4) is 0 Å². The number of fused-ring (bicyclic) bond motifs is 3. The summed E-state index contributed by atoms with van der Waals surface area (Å²) in [6, 6.07) is 20.7. The highest BCUT2D eigenvalue weighted by atomic mass is 79.9. The van der Waals surface area contributed by atoms with E-state index in [1.165, 1.54) is 41.5 Å². The van der Waals surface area contributed by atoms with Crippen LogP contribution in [0.4, 0.5) is 11.4 Å². The topological polar surface area (TPSA) is 71.3 Å². The molecule has 0 radical (unpaired) electrons. The summed E-state index contributed by atoms with van der Waals surface area (Å²) in [6.45, 7) is 1.60. The highest BCUT2D eigenvalue weighted by molar-refractivity contribution is 9.10. The van der Waals surface area contributed by atoms with E-state index < -0.39 is 0 Å². The Bertz CT molecular complexity index is 1250. The van der Waals surface area contributed by atoms with Crippen molar-refractivity contribution >= 4 is 62.0 Å². The second-order valence-electron chi connectivity index (χ2n) is 9.22. The van der Waals surface area contributed by atoms with Gasteiger partial charge in [0.05, 0.1) is 6.61 Å². The number of rotatable bonds is 12. The van der Waals surface area contributed by atoms with Crippen LogP contribution in [0.5, 0.6) is 5.75 Å². The van der Waals surface area contributed by atoms with Crippen molar-refractivity contribution in [1.82, 2.24) is 5.32 Å². The lowest BCUT2D eigenvalue weighted by molar-refractivity contribution is 0.304. The van der Waals surface area contributed by atoms with Crippen molar-refractivity contribution < 1.29 is 4.74 Å². The zero-order valence-electron chi connectivity index (χ0n) is 20.8. The van der Waals surface area contributed by atoms with Gasteiger partial charge >= 0.3 is 0 Å². The summed E-state index contributed by atoms with van der Waals surface area (Å²) in [5, 5.41) is 10.5. The molecule has 3 aromatic rings. The average molecular weight is 598 g/mol. The number of thiocarbonyl (C=S) groups is 2. The smallest absolute Gasteiger partial charge is 0.170 e. The van der Waals surface area contributed by atoms with Crippen molar-refractivity contribution in [2.24, 2.45) is 5.73 Å². The molecule has 1 aliphatic carbocycles. The van der Waals surface area contributed by atoms with Crippen LogP contribution < -0.4 is 26.4 Å². The van der Waals surface area contributed by atoms with E-state index in [9.17, 15) is 0 Å². The fourth-order valence-electron chi connectivity index (χ4n) is 4.56. The fraction of sp³-hybridized carbons (Fsp3) is 0.310. The molecule has 0 spiro atoms. The molecule has 3 aromatic carbocycles. The molecule has 1 aliphatic rings. The molecule has 194 valence electrons. The summed E-state index contributed by atoms with van der Waals surface area (Å²) in [5.41, 5.74) is 12.8. The molecule has 0 heterocycles. The average Bonchev–Trinajstić information content (AvgIpc) is 3.21. The summed E-state index contributed by atoms with van der Waals surface area (Å²) in [7, 11) is 0. The molecule has 37 heavy (non-hydrogen) atoms. The first-order valence-corrected chi connectivity index (χ1v) is 14.3. The molecule has 0 amide bonds. The Kier molecular flexibility index (Phi) is 10.2. The number of nitrogens with one attached hydrogen (secondary N) is 3. The number of unbranched alkanes of at least 4 members (excludes halogenated alkanes) is 5. The van der Waals surface area contributed by atoms with E-state index in [1.807, 2.05) is 24.3 Å². The van der Waals surface area contributed by atoms with Crippen LogP contribution in [0.2, 0.25) is 0 Å². The predicted octanol–water partition coefficient (Wildman–Crippen LogP) is 7.38. The molecule has 0 aliphatic heterocycles. The van der Waals surface area contributed by atoms with Gasteiger partial charge in [0.25, 0.3) is 0 Å². The Morgan fingerprint density at radius 2 is 1.51 bits per heavy atom. The zero-order valence-corrected chi connectivity index (χ0v) is 24.0. The molecule has 0 fully saturated rings. The zero-order chi connectivity index (χ0) is 26.0. The summed E-state index contributed by atoms with van der Waals surface area (Å²) in [6.07, 6.45) is 7.89. The Labute approximate surface area is 238 Å². The fourth-order valence-corrected chi connectivity index (χ4v) is 5.31. The van der Waals surface area contributed by atoms with Crippen molar-refractivity contribution in [3.63, 3.8) is 0 Å². The molecule has 0 unspecified atom stereocenters. The lowest BCUT2D eigenvalue weighted by atomic mass is 10.1. The maximum atomic E-state index is 5.84. The molecular formula is C29H33BrN4OS2. The molecule has 0 atom stereocenters. The number of anilines is 2. The molecule has 8 heteroatoms. The van der Waals surface area contributed by atoms with E-state index in [0.29, 0.717) is 11.7 Å². The van der Waals surface area contributed by atoms with Crippen molar-refractivity contribution in [2.75, 3.05) is 23.8 Å². The van der Waals surface area contributed by atoms with E-state index in [1.54, 1.807) is 0 Å². The lowest BCUT2D eigenvalue weighted by Crippen LogP contribution is -2.29. The molecule has 5 nitrogen and oxygen atoms in total. The molecular weight excluding hydrogens is 564 g/mol. The molecule has 0 aromatic heterocycles. The van der Waals surface area contributed by atoms with Crippen LogP contribution in [0, 0.1) is 0 Å². The summed E-state index contributed by atoms with van der Waals surface area (Å²) in [4.78, 5) is 0. The van der Waals surface area contributed by atoms with E-state index in [2.05, 4.69) is 68.3 Å². The van der Waals surface area contributed by atoms with Gasteiger partial charge in [-0.2, -0.15) is 0 Å². The SMILES string of the molecule is NC(=S)Nc1cccc(OCCCCCCCCNC(=S)Nc2ccc3c(c2)Cc2cc(Br)ccc2-3)c1. The third-order valence-electron chi connectivity index (χ3n) is 6.33. The van der Waals surface area contributed by atoms with Gasteiger partial charge in [-0.15, -0.1) is 0 Å². The van der Waals surface area contributed by atoms with Crippen molar-refractivity contribution in [3.8, 4) is 16.9 Å². The van der Waals surface area contributed by atoms with Gasteiger partial charge < -0.3 is 26.4 Å². The van der Waals surface area contributed by atoms with Crippen molar-refractivity contribution in [3.05, 3.63) is 76.3 Å². The number of nitrogens with two attached hydrogens (primary N) is 1. The van der Waals surface area contributed by atoms with E-state index in [4.69, 9.17) is 34.9 Å². The molecule has 0 bridgehead atoms. The molecule has 0 saturated carbocycles. The number of hydrogen-bond donors (Lipinski definition) is 4. The minimum Gasteiger partial charge on any atom is -0.494 e. The predicted molar refractivity (Wildman–Crippen MR) is 167 cm³/mol. The van der Waals surface area contributed by atoms with Crippen LogP contribution in [-0.4, -0.2) is 23.4 Å². The van der Waals surface area contributed by atoms with E-state index in [0.717, 1.165) is 53.8 Å². The quantitative estimate of drug-likeness (QED) is 0.100. The molecule has 0 saturated heterocycles. The van der Waals surface area contributed by atoms with Crippen molar-refractivity contribution in [1.29, 1.82) is 0 Å². The number of halogens is 1. The summed E-state index contributed by atoms with van der Waals surface area (Å²) >= 11 is 14.0. The number of hydrogen-bond acceptors (Lipinski definition) is 3. The maximum absolute atomic E-state index is 5.84. The first kappa shape index (κ1) is 27.4. The molecule has 5 N–H and O–H groups in total. The molecule has 4 rings (SSSR count). The first-order valence-electron chi connectivity index (χ1n) is 12.7. The Hall–Kier alpha value is -2.68. The van der Waals surface area contributed by atoms with Crippen LogP contribution in [0.25, 0.3) is 11.1 Å². The van der Waals surface area contributed by atoms with Gasteiger partial charge in [0.2, 0.25) is 0 Å². The minimum atomic E-state index is 0.255. The summed E-state index contributed by atoms with van der Waals surface area (Å²) in [5.74, 6) is 0.829. The second-order valence-corrected chi connectivity index (χ2v) is 11.0. The third-order valence-corrected chi connectivity index (χ3v) is 7.17. The van der Waals surface area contributed by atoms with Gasteiger partial charge in [-0.3, -0.25) is 0 Å². The Morgan fingerprint density at radius 3 is 2.32 bits per heavy atom. The van der Waals surface area contributed by atoms with Gasteiger partial charge in [0, 0.05) is 28.5 Å². The van der Waals surface area contributed by atoms with Crippen LogP contribution >= 0.6 is 40.4 Å². The minimum absolute atomic E-state index is 0.255. The van der Waals surface area contributed by atoms with Crippen LogP contribution in [-0.2, 0) is 6.42 Å². The Morgan fingerprint density at radius 1 is 0.811 bits per heavy atom. The van der Waals surface area contributed by atoms with Gasteiger partial charge in [0.1, 0.15) is 5.75 Å². The monoisotopic (exact) mass is 596 g/mol. The Balaban J connectivity index is 1.04. The standard InChI is InChI=1S/C29H33BrN4OS2/c30-22-10-12-26-20(17-22)16-21-18-24(11-13-27(21)26)34-29(37)32-14-5-3-1-2-4-6-15-35-25-9-7-8-23(19-25)33-28(31)36/h7-13,17-19H,1-6,14-16H2,(H3,31,33,36)(H2,32,34,37). The second kappa shape index (κ2) is 13.7. The largest absolute Gasteiger partial charge is 0.494 e. The van der Waals surface area contributed by atoms with Crippen LogP contribution in [0.15, 0.2) is 65.1 Å². The van der Waals surface area contributed by atoms with Crippen molar-refractivity contribution in [2.45, 2.75) is 44.9 Å². The number of benzene rings is 3. The first-order chi connectivity index (χ1) is 18.0. The third kappa shape index (κ3) is 8.42. The van der Waals surface area contributed by atoms with E-state index in [-0.39, 0.29) is 5.11 Å². The van der Waals surface area contributed by atoms with Gasteiger partial charge in [-0.05, 0) is 102 Å². The highest BCUT2D eigenvalue weighted by Crippen LogP contribution is 2.39. The van der Waals surface area contributed by atoms with Crippen LogP contribution in [0.1, 0.15) is 49.7 Å². The van der Waals surface area contributed by atoms with E-state index >= 15 is 0 Å². The van der Waals surface area contributed by atoms with Gasteiger partial charge in [-0.1, -0.05) is 59.8 Å². The number of ether oxygens (including phenoxy) is 1. The normalized spacial score (nSPS) is 11.4. The summed E-state index contributed by atoms with van der Waals surface area (Å²) < 4.78 is 6.96. The maximum Gasteiger partial charge on any atom is 0.170 e. The van der Waals surface area contributed by atoms with Gasteiger partial charge in [0.15, 0.2) is 10.2 Å². The van der Waals surface area contributed by atoms with Gasteiger partial charge in [-0.25, -0.2) is 0 Å². The lowest BCUT2D eigenvalue weighted by Gasteiger charge is -2.12. The highest BCUT2D eigenvalue weighted by Gasteiger charge is 2.18.